The first-order valence-corrected chi connectivity index (χ1v) is 5.88. The molecule has 0 saturated carbocycles. The van der Waals surface area contributed by atoms with Crippen molar-refractivity contribution in [1.82, 2.24) is 0 Å². The number of nitrogens with zero attached hydrogens (tertiary/aromatic N) is 1. The van der Waals surface area contributed by atoms with Gasteiger partial charge in [0.1, 0.15) is 0 Å². The van der Waals surface area contributed by atoms with E-state index < -0.39 is 28.4 Å². The summed E-state index contributed by atoms with van der Waals surface area (Å²) in [5.74, 6) is -3.60. The summed E-state index contributed by atoms with van der Waals surface area (Å²) < 4.78 is 9.21. The van der Waals surface area contributed by atoms with Gasteiger partial charge >= 0.3 is 11.9 Å². The number of esters is 2. The van der Waals surface area contributed by atoms with Crippen LogP contribution in [0, 0.1) is 10.1 Å². The minimum absolute atomic E-state index is 0.00284. The van der Waals surface area contributed by atoms with E-state index in [0.29, 0.717) is 0 Å². The summed E-state index contributed by atoms with van der Waals surface area (Å²) in [6, 6.07) is 4.51. The van der Waals surface area contributed by atoms with Crippen molar-refractivity contribution in [2.45, 2.75) is 13.8 Å². The molecular weight excluding hydrogens is 282 g/mol. The van der Waals surface area contributed by atoms with Crippen LogP contribution in [0.15, 0.2) is 30.0 Å². The second-order valence-corrected chi connectivity index (χ2v) is 3.78. The number of ether oxygens (including phenoxy) is 2. The van der Waals surface area contributed by atoms with E-state index in [-0.39, 0.29) is 17.9 Å². The predicted octanol–water partition coefficient (Wildman–Crippen LogP) is 0.750. The molecule has 1 aromatic carbocycles. The van der Waals surface area contributed by atoms with Crippen molar-refractivity contribution in [2.24, 2.45) is 0 Å². The van der Waals surface area contributed by atoms with Gasteiger partial charge in [0.05, 0.1) is 11.5 Å². The van der Waals surface area contributed by atoms with Crippen LogP contribution in [0.1, 0.15) is 19.4 Å². The van der Waals surface area contributed by atoms with Crippen molar-refractivity contribution >= 4 is 23.4 Å². The molecule has 1 aromatic rings. The molecule has 0 aromatic heterocycles. The summed E-state index contributed by atoms with van der Waals surface area (Å²) in [7, 11) is 0. The van der Waals surface area contributed by atoms with Gasteiger partial charge in [-0.05, 0) is 30.4 Å². The van der Waals surface area contributed by atoms with Crippen LogP contribution in [-0.4, -0.2) is 23.5 Å². The molecule has 0 amide bonds. The number of non-ortho nitro benzene ring substituents is 1. The SMILES string of the molecule is CCOC(=O)/C(OC(C)=O)=C(/[O-])c1ccc([N+](=O)[O-])cc1. The van der Waals surface area contributed by atoms with E-state index in [4.69, 9.17) is 0 Å². The molecule has 0 radical (unpaired) electrons. The summed E-state index contributed by atoms with van der Waals surface area (Å²) in [6.45, 7) is 2.55. The van der Waals surface area contributed by atoms with Crippen LogP contribution in [0.5, 0.6) is 0 Å². The van der Waals surface area contributed by atoms with Crippen LogP contribution < -0.4 is 5.11 Å². The molecule has 8 nitrogen and oxygen atoms in total. The maximum absolute atomic E-state index is 12.1. The van der Waals surface area contributed by atoms with E-state index in [1.165, 1.54) is 6.92 Å². The highest BCUT2D eigenvalue weighted by Gasteiger charge is 2.17. The highest BCUT2D eigenvalue weighted by molar-refractivity contribution is 5.95. The number of hydrogen-bond donors (Lipinski definition) is 0. The molecule has 0 atom stereocenters. The molecule has 0 aliphatic rings. The van der Waals surface area contributed by atoms with Gasteiger partial charge in [-0.2, -0.15) is 0 Å². The average molecular weight is 294 g/mol. The molecule has 0 aliphatic carbocycles. The largest absolute Gasteiger partial charge is 0.869 e. The van der Waals surface area contributed by atoms with Gasteiger partial charge in [0, 0.05) is 19.1 Å². The van der Waals surface area contributed by atoms with Crippen molar-refractivity contribution in [3.05, 3.63) is 45.7 Å². The lowest BCUT2D eigenvalue weighted by atomic mass is 10.1. The number of carbonyl (C=O) groups is 2. The van der Waals surface area contributed by atoms with Gasteiger partial charge in [-0.1, -0.05) is 0 Å². The fourth-order valence-corrected chi connectivity index (χ4v) is 1.39. The molecular formula is C13H12NO7-. The van der Waals surface area contributed by atoms with Crippen LogP contribution in [-0.2, 0) is 19.1 Å². The van der Waals surface area contributed by atoms with E-state index in [2.05, 4.69) is 9.47 Å². The molecule has 8 heteroatoms. The summed E-state index contributed by atoms with van der Waals surface area (Å²) >= 11 is 0. The molecule has 0 aliphatic heterocycles. The van der Waals surface area contributed by atoms with Gasteiger partial charge in [-0.3, -0.25) is 14.9 Å². The van der Waals surface area contributed by atoms with Crippen molar-refractivity contribution in [1.29, 1.82) is 0 Å². The van der Waals surface area contributed by atoms with E-state index in [1.54, 1.807) is 0 Å². The minimum Gasteiger partial charge on any atom is -0.869 e. The summed E-state index contributed by atoms with van der Waals surface area (Å²) in [6.07, 6.45) is 0. The molecule has 112 valence electrons. The zero-order valence-corrected chi connectivity index (χ0v) is 11.3. The Hall–Kier alpha value is -2.90. The van der Waals surface area contributed by atoms with Crippen molar-refractivity contribution in [3.8, 4) is 0 Å². The molecule has 0 heterocycles. The Balaban J connectivity index is 3.21. The van der Waals surface area contributed by atoms with Gasteiger partial charge in [0.2, 0.25) is 5.76 Å². The van der Waals surface area contributed by atoms with Gasteiger partial charge in [-0.15, -0.1) is 0 Å². The average Bonchev–Trinajstić information content (AvgIpc) is 2.44. The van der Waals surface area contributed by atoms with Crippen LogP contribution >= 0.6 is 0 Å². The molecule has 0 spiro atoms. The standard InChI is InChI=1S/C13H13NO7/c1-3-20-13(17)12(21-8(2)15)11(16)9-4-6-10(7-5-9)14(18)19/h4-7,16H,3H2,1-2H3/p-1/b12-11-. The number of rotatable bonds is 5. The Bertz CT molecular complexity index is 589. The van der Waals surface area contributed by atoms with Gasteiger partial charge < -0.3 is 14.6 Å². The Morgan fingerprint density at radius 1 is 1.24 bits per heavy atom. The van der Waals surface area contributed by atoms with E-state index in [0.717, 1.165) is 31.2 Å². The third-order valence-electron chi connectivity index (χ3n) is 2.25. The van der Waals surface area contributed by atoms with Crippen molar-refractivity contribution < 1.29 is 29.1 Å². The zero-order chi connectivity index (χ0) is 16.0. The van der Waals surface area contributed by atoms with Gasteiger partial charge in [0.25, 0.3) is 5.69 Å². The quantitative estimate of drug-likeness (QED) is 0.258. The number of carbonyl (C=O) groups excluding carboxylic acids is 2. The molecule has 0 unspecified atom stereocenters. The van der Waals surface area contributed by atoms with Crippen LogP contribution in [0.4, 0.5) is 5.69 Å². The first-order chi connectivity index (χ1) is 9.86. The molecule has 1 rings (SSSR count). The molecule has 0 fully saturated rings. The van der Waals surface area contributed by atoms with E-state index in [9.17, 15) is 24.8 Å². The third-order valence-corrected chi connectivity index (χ3v) is 2.25. The predicted molar refractivity (Wildman–Crippen MR) is 68.4 cm³/mol. The number of benzene rings is 1. The molecule has 0 saturated heterocycles. The number of nitro benzene ring substituents is 1. The Labute approximate surface area is 119 Å². The molecule has 0 N–H and O–H groups in total. The highest BCUT2D eigenvalue weighted by atomic mass is 16.6. The first-order valence-electron chi connectivity index (χ1n) is 5.88. The number of nitro groups is 1. The molecule has 21 heavy (non-hydrogen) atoms. The Morgan fingerprint density at radius 2 is 1.81 bits per heavy atom. The van der Waals surface area contributed by atoms with E-state index >= 15 is 0 Å². The summed E-state index contributed by atoms with van der Waals surface area (Å²) in [5.41, 5.74) is -0.248. The zero-order valence-electron chi connectivity index (χ0n) is 11.3. The summed E-state index contributed by atoms with van der Waals surface area (Å²) in [5, 5.41) is 22.6. The number of hydrogen-bond acceptors (Lipinski definition) is 7. The topological polar surface area (TPSA) is 119 Å². The molecule has 0 bridgehead atoms. The second kappa shape index (κ2) is 7.04. The lowest BCUT2D eigenvalue weighted by molar-refractivity contribution is -0.384. The Morgan fingerprint density at radius 3 is 2.24 bits per heavy atom. The van der Waals surface area contributed by atoms with Gasteiger partial charge in [0.15, 0.2) is 0 Å². The minimum atomic E-state index is -1.07. The Kier molecular flexibility index (Phi) is 5.41. The third kappa shape index (κ3) is 4.30. The van der Waals surface area contributed by atoms with Crippen LogP contribution in [0.2, 0.25) is 0 Å². The fourth-order valence-electron chi connectivity index (χ4n) is 1.39. The summed E-state index contributed by atoms with van der Waals surface area (Å²) in [4.78, 5) is 32.5. The van der Waals surface area contributed by atoms with E-state index in [1.807, 2.05) is 0 Å². The highest BCUT2D eigenvalue weighted by Crippen LogP contribution is 2.19. The monoisotopic (exact) mass is 294 g/mol. The maximum atomic E-state index is 12.1. The van der Waals surface area contributed by atoms with Crippen molar-refractivity contribution in [3.63, 3.8) is 0 Å². The van der Waals surface area contributed by atoms with Crippen LogP contribution in [0.3, 0.4) is 0 Å². The van der Waals surface area contributed by atoms with Gasteiger partial charge in [-0.25, -0.2) is 4.79 Å². The fraction of sp³-hybridized carbons (Fsp3) is 0.231. The smallest absolute Gasteiger partial charge is 0.373 e. The van der Waals surface area contributed by atoms with Crippen LogP contribution in [0.25, 0.3) is 5.76 Å². The normalized spacial score (nSPS) is 11.3. The lowest BCUT2D eigenvalue weighted by Crippen LogP contribution is -2.19. The first kappa shape index (κ1) is 16.2. The van der Waals surface area contributed by atoms with Crippen molar-refractivity contribution in [2.75, 3.05) is 6.61 Å². The maximum Gasteiger partial charge on any atom is 0.373 e. The lowest BCUT2D eigenvalue weighted by Gasteiger charge is -2.17. The second-order valence-electron chi connectivity index (χ2n) is 3.78.